The number of hydrogen-bond donors (Lipinski definition) is 1. The van der Waals surface area contributed by atoms with Crippen molar-refractivity contribution >= 4 is 23.2 Å². The Hall–Kier alpha value is -2.89. The molecule has 0 aliphatic carbocycles. The van der Waals surface area contributed by atoms with E-state index in [1.54, 1.807) is 30.0 Å². The fourth-order valence-corrected chi connectivity index (χ4v) is 2.76. The number of halogens is 1. The van der Waals surface area contributed by atoms with E-state index >= 15 is 0 Å². The Morgan fingerprint density at radius 3 is 2.84 bits per heavy atom. The van der Waals surface area contributed by atoms with Crippen molar-refractivity contribution < 1.29 is 18.7 Å². The monoisotopic (exact) mass is 342 g/mol. The van der Waals surface area contributed by atoms with Gasteiger partial charge in [0.25, 0.3) is 5.91 Å². The van der Waals surface area contributed by atoms with Gasteiger partial charge in [-0.2, -0.15) is 0 Å². The number of rotatable bonds is 5. The lowest BCUT2D eigenvalue weighted by Gasteiger charge is -2.16. The first-order valence-electron chi connectivity index (χ1n) is 8.12. The smallest absolute Gasteiger partial charge is 0.262 e. The number of carbonyl (C=O) groups is 2. The van der Waals surface area contributed by atoms with E-state index in [0.717, 1.165) is 12.1 Å². The van der Waals surface area contributed by atoms with Crippen molar-refractivity contribution in [2.45, 2.75) is 19.8 Å². The lowest BCUT2D eigenvalue weighted by molar-refractivity contribution is -0.118. The van der Waals surface area contributed by atoms with E-state index in [1.165, 1.54) is 18.2 Å². The highest BCUT2D eigenvalue weighted by Crippen LogP contribution is 2.25. The standard InChI is InChI=1S/C19H19FN2O3/c1-13-10-14(20)7-8-17(13)21-18(23)12-25-16-5-2-4-15(11-16)22-9-3-6-19(22)24/h2,4-5,7-8,10-11H,3,6,9,12H2,1H3,(H,21,23). The fraction of sp³-hybridized carbons (Fsp3) is 0.263. The highest BCUT2D eigenvalue weighted by atomic mass is 19.1. The van der Waals surface area contributed by atoms with Crippen LogP contribution in [-0.4, -0.2) is 25.0 Å². The second-order valence-corrected chi connectivity index (χ2v) is 5.94. The van der Waals surface area contributed by atoms with Crippen LogP contribution in [0.4, 0.5) is 15.8 Å². The molecule has 6 heteroatoms. The van der Waals surface area contributed by atoms with Crippen LogP contribution in [0.2, 0.25) is 0 Å². The van der Waals surface area contributed by atoms with Gasteiger partial charge in [0.2, 0.25) is 5.91 Å². The van der Waals surface area contributed by atoms with Crippen LogP contribution in [0.1, 0.15) is 18.4 Å². The lowest BCUT2D eigenvalue weighted by atomic mass is 10.2. The number of nitrogens with one attached hydrogen (secondary N) is 1. The maximum absolute atomic E-state index is 13.1. The first-order chi connectivity index (χ1) is 12.0. The number of carbonyl (C=O) groups excluding carboxylic acids is 2. The predicted molar refractivity (Wildman–Crippen MR) is 93.3 cm³/mol. The third-order valence-electron chi connectivity index (χ3n) is 4.04. The van der Waals surface area contributed by atoms with Gasteiger partial charge < -0.3 is 15.0 Å². The molecule has 2 amide bonds. The highest BCUT2D eigenvalue weighted by molar-refractivity contribution is 5.95. The molecule has 130 valence electrons. The van der Waals surface area contributed by atoms with Gasteiger partial charge in [0.05, 0.1) is 0 Å². The number of nitrogens with zero attached hydrogens (tertiary/aromatic N) is 1. The minimum absolute atomic E-state index is 0.0988. The van der Waals surface area contributed by atoms with Gasteiger partial charge >= 0.3 is 0 Å². The molecule has 0 unspecified atom stereocenters. The van der Waals surface area contributed by atoms with Crippen LogP contribution in [0.5, 0.6) is 5.75 Å². The van der Waals surface area contributed by atoms with Gasteiger partial charge in [-0.1, -0.05) is 6.07 Å². The van der Waals surface area contributed by atoms with Gasteiger partial charge in [-0.15, -0.1) is 0 Å². The molecular formula is C19H19FN2O3. The van der Waals surface area contributed by atoms with Gasteiger partial charge in [0.15, 0.2) is 6.61 Å². The topological polar surface area (TPSA) is 58.6 Å². The molecule has 1 heterocycles. The van der Waals surface area contributed by atoms with Gasteiger partial charge in [-0.25, -0.2) is 4.39 Å². The van der Waals surface area contributed by atoms with Crippen molar-refractivity contribution in [1.82, 2.24) is 0 Å². The van der Waals surface area contributed by atoms with E-state index in [4.69, 9.17) is 4.74 Å². The molecule has 1 N–H and O–H groups in total. The molecule has 3 rings (SSSR count). The minimum atomic E-state index is -0.347. The zero-order chi connectivity index (χ0) is 17.8. The average molecular weight is 342 g/mol. The van der Waals surface area contributed by atoms with Crippen LogP contribution >= 0.6 is 0 Å². The normalized spacial score (nSPS) is 13.8. The summed E-state index contributed by atoms with van der Waals surface area (Å²) in [5.41, 5.74) is 1.96. The lowest BCUT2D eigenvalue weighted by Crippen LogP contribution is -2.24. The molecule has 2 aromatic rings. The third-order valence-corrected chi connectivity index (χ3v) is 4.04. The molecule has 0 saturated carbocycles. The largest absolute Gasteiger partial charge is 0.484 e. The maximum atomic E-state index is 13.1. The van der Waals surface area contributed by atoms with E-state index in [1.807, 2.05) is 6.07 Å². The van der Waals surface area contributed by atoms with Gasteiger partial charge in [-0.05, 0) is 49.2 Å². The number of anilines is 2. The summed E-state index contributed by atoms with van der Waals surface area (Å²) in [6.45, 7) is 2.25. The molecule has 0 aromatic heterocycles. The number of aryl methyl sites for hydroxylation is 1. The SMILES string of the molecule is Cc1cc(F)ccc1NC(=O)COc1cccc(N2CCCC2=O)c1. The highest BCUT2D eigenvalue weighted by Gasteiger charge is 2.21. The minimum Gasteiger partial charge on any atom is -0.484 e. The molecule has 25 heavy (non-hydrogen) atoms. The first-order valence-corrected chi connectivity index (χ1v) is 8.12. The summed E-state index contributed by atoms with van der Waals surface area (Å²) in [7, 11) is 0. The Bertz CT molecular complexity index is 807. The Morgan fingerprint density at radius 1 is 1.28 bits per heavy atom. The zero-order valence-electron chi connectivity index (χ0n) is 13.9. The summed E-state index contributed by atoms with van der Waals surface area (Å²) in [4.78, 5) is 25.5. The summed E-state index contributed by atoms with van der Waals surface area (Å²) in [6.07, 6.45) is 1.41. The number of amides is 2. The second kappa shape index (κ2) is 7.34. The Labute approximate surface area is 145 Å². The molecule has 0 radical (unpaired) electrons. The van der Waals surface area contributed by atoms with Crippen molar-refractivity contribution in [3.05, 3.63) is 53.8 Å². The summed E-state index contributed by atoms with van der Waals surface area (Å²) in [5, 5.41) is 2.69. The number of ether oxygens (including phenoxy) is 1. The van der Waals surface area contributed by atoms with Crippen LogP contribution < -0.4 is 15.0 Å². The summed E-state index contributed by atoms with van der Waals surface area (Å²) in [6, 6.07) is 11.3. The molecule has 1 aliphatic rings. The van der Waals surface area contributed by atoms with Crippen molar-refractivity contribution in [2.75, 3.05) is 23.4 Å². The van der Waals surface area contributed by atoms with Crippen molar-refractivity contribution in [2.24, 2.45) is 0 Å². The second-order valence-electron chi connectivity index (χ2n) is 5.94. The molecule has 1 aliphatic heterocycles. The Balaban J connectivity index is 1.59. The summed E-state index contributed by atoms with van der Waals surface area (Å²) < 4.78 is 18.6. The van der Waals surface area contributed by atoms with Crippen LogP contribution in [0.3, 0.4) is 0 Å². The summed E-state index contributed by atoms with van der Waals surface area (Å²) >= 11 is 0. The van der Waals surface area contributed by atoms with Crippen molar-refractivity contribution in [3.8, 4) is 5.75 Å². The molecule has 0 spiro atoms. The molecule has 1 saturated heterocycles. The molecule has 0 atom stereocenters. The molecular weight excluding hydrogens is 323 g/mol. The van der Waals surface area contributed by atoms with Gasteiger partial charge in [-0.3, -0.25) is 9.59 Å². The Morgan fingerprint density at radius 2 is 2.12 bits per heavy atom. The maximum Gasteiger partial charge on any atom is 0.262 e. The molecule has 5 nitrogen and oxygen atoms in total. The first kappa shape index (κ1) is 17.0. The van der Waals surface area contributed by atoms with Crippen molar-refractivity contribution in [1.29, 1.82) is 0 Å². The van der Waals surface area contributed by atoms with Crippen LogP contribution in [0.15, 0.2) is 42.5 Å². The van der Waals surface area contributed by atoms with E-state index in [2.05, 4.69) is 5.32 Å². The van der Waals surface area contributed by atoms with Crippen LogP contribution in [-0.2, 0) is 9.59 Å². The van der Waals surface area contributed by atoms with Crippen molar-refractivity contribution in [3.63, 3.8) is 0 Å². The zero-order valence-corrected chi connectivity index (χ0v) is 13.9. The molecule has 2 aromatic carbocycles. The number of hydrogen-bond acceptors (Lipinski definition) is 3. The third kappa shape index (κ3) is 4.15. The van der Waals surface area contributed by atoms with Crippen LogP contribution in [0.25, 0.3) is 0 Å². The van der Waals surface area contributed by atoms with Gasteiger partial charge in [0.1, 0.15) is 11.6 Å². The number of benzene rings is 2. The Kier molecular flexibility index (Phi) is 4.97. The van der Waals surface area contributed by atoms with E-state index in [-0.39, 0.29) is 24.2 Å². The van der Waals surface area contributed by atoms with E-state index in [0.29, 0.717) is 30.0 Å². The fourth-order valence-electron chi connectivity index (χ4n) is 2.76. The van der Waals surface area contributed by atoms with Crippen LogP contribution in [0, 0.1) is 12.7 Å². The quantitative estimate of drug-likeness (QED) is 0.907. The predicted octanol–water partition coefficient (Wildman–Crippen LogP) is 3.28. The van der Waals surface area contributed by atoms with E-state index in [9.17, 15) is 14.0 Å². The van der Waals surface area contributed by atoms with Gasteiger partial charge in [0, 0.05) is 30.4 Å². The summed E-state index contributed by atoms with van der Waals surface area (Å²) in [5.74, 6) is -0.0674. The molecule has 1 fully saturated rings. The van der Waals surface area contributed by atoms with E-state index < -0.39 is 0 Å². The molecule has 0 bridgehead atoms. The average Bonchev–Trinajstić information content (AvgIpc) is 3.02.